The minimum Gasteiger partial charge on any atom is -0.107 e. The van der Waals surface area contributed by atoms with Gasteiger partial charge >= 0.3 is 0 Å². The Morgan fingerprint density at radius 3 is 1.20 bits per heavy atom. The average Bonchev–Trinajstić information content (AvgIpc) is 4.26. The van der Waals surface area contributed by atoms with E-state index in [4.69, 9.17) is 0 Å². The van der Waals surface area contributed by atoms with E-state index >= 15 is 0 Å². The van der Waals surface area contributed by atoms with Crippen LogP contribution < -0.4 is 0 Å². The van der Waals surface area contributed by atoms with Gasteiger partial charge in [-0.1, -0.05) is 215 Å². The second-order valence-corrected chi connectivity index (χ2v) is 20.3. The Morgan fingerprint density at radius 1 is 0.400 bits per heavy atom. The highest BCUT2D eigenvalue weighted by Crippen LogP contribution is 2.61. The smallest absolute Gasteiger partial charge is 0.0165 e. The van der Waals surface area contributed by atoms with Crippen molar-refractivity contribution >= 4 is 24.3 Å². The van der Waals surface area contributed by atoms with Crippen molar-refractivity contribution in [3.8, 4) is 46.6 Å². The lowest BCUT2D eigenvalue weighted by Gasteiger charge is -2.42. The summed E-state index contributed by atoms with van der Waals surface area (Å²) in [7, 11) is 0. The Morgan fingerprint density at radius 2 is 0.743 bits per heavy atom. The molecule has 0 bridgehead atoms. The molecule has 0 heteroatoms. The van der Waals surface area contributed by atoms with E-state index in [0.717, 1.165) is 32.1 Å². The van der Waals surface area contributed by atoms with Gasteiger partial charge in [0.05, 0.1) is 0 Å². The van der Waals surface area contributed by atoms with E-state index in [1.807, 2.05) is 20.8 Å². The maximum atomic E-state index is 3.35. The van der Waals surface area contributed by atoms with E-state index in [9.17, 15) is 0 Å². The van der Waals surface area contributed by atoms with Crippen molar-refractivity contribution in [2.24, 2.45) is 16.7 Å². The van der Waals surface area contributed by atoms with Crippen LogP contribution in [0, 0.1) is 52.3 Å². The molecule has 6 aromatic rings. The van der Waals surface area contributed by atoms with Gasteiger partial charge in [0.15, 0.2) is 0 Å². The third-order valence-corrected chi connectivity index (χ3v) is 16.3. The third kappa shape index (κ3) is 9.49. The zero-order valence-corrected chi connectivity index (χ0v) is 42.2. The van der Waals surface area contributed by atoms with Crippen LogP contribution in [-0.4, -0.2) is 0 Å². The molecule has 0 spiro atoms. The minimum absolute atomic E-state index is 0.0513. The summed E-state index contributed by atoms with van der Waals surface area (Å²) in [6, 6.07) is 53.3. The molecule has 11 rings (SSSR count). The second kappa shape index (κ2) is 21.7. The van der Waals surface area contributed by atoms with Crippen LogP contribution in [0.5, 0.6) is 0 Å². The average molecular weight is 909 g/mol. The highest BCUT2D eigenvalue weighted by molar-refractivity contribution is 5.80. The molecule has 0 aromatic heterocycles. The Balaban J connectivity index is 0.000000136. The zero-order valence-electron chi connectivity index (χ0n) is 42.2. The highest BCUT2D eigenvalue weighted by atomic mass is 14.5. The van der Waals surface area contributed by atoms with Gasteiger partial charge in [0.2, 0.25) is 0 Å². The van der Waals surface area contributed by atoms with Crippen molar-refractivity contribution in [3.05, 3.63) is 226 Å². The summed E-state index contributed by atoms with van der Waals surface area (Å²) in [5, 5.41) is 0. The zero-order chi connectivity index (χ0) is 48.5. The summed E-state index contributed by atoms with van der Waals surface area (Å²) in [6.07, 6.45) is 25.0. The van der Waals surface area contributed by atoms with Gasteiger partial charge in [-0.15, -0.1) is 35.5 Å². The molecule has 0 radical (unpaired) electrons. The molecule has 0 aliphatic heterocycles. The summed E-state index contributed by atoms with van der Waals surface area (Å²) in [6.45, 7) is 13.1. The first-order valence-electron chi connectivity index (χ1n) is 25.8. The molecule has 0 nitrogen and oxygen atoms in total. The number of hydrogen-bond acceptors (Lipinski definition) is 0. The van der Waals surface area contributed by atoms with Crippen molar-refractivity contribution < 1.29 is 0 Å². The predicted molar refractivity (Wildman–Crippen MR) is 300 cm³/mol. The van der Waals surface area contributed by atoms with Crippen LogP contribution in [-0.2, 0) is 0 Å². The first-order chi connectivity index (χ1) is 34.3. The van der Waals surface area contributed by atoms with Gasteiger partial charge in [-0.3, -0.25) is 0 Å². The monoisotopic (exact) mass is 909 g/mol. The Hall–Kier alpha value is -7.04. The van der Waals surface area contributed by atoms with Crippen LogP contribution in [0.4, 0.5) is 0 Å². The standard InChI is InChI=1S/C29H26.C25H24.C16H18/c1-3-4-11-20-29(2,27-19-18-21-12-5-6-13-22(21)27)28-25-16-9-7-14-23(25)24-15-8-10-17-26(24)28;1-3-4-9-18-25(2,23-16-14-19-10-5-7-12-21(19)23)24-17-15-20-11-6-8-13-22(20)24;1-3-4-5-8-13(2)15-12-11-14-9-6-7-10-16(14)15/h5-10,12-19,27-28H,11,20H2,1-2H3;5-8,10-17,23-24H,9,18H2,1-2H3;6-7,9-13,15H,5,8H2,1-2H3. The van der Waals surface area contributed by atoms with E-state index in [1.54, 1.807) is 0 Å². The molecule has 0 saturated heterocycles. The number of fused-ring (bicyclic) bond motifs is 7. The highest BCUT2D eigenvalue weighted by Gasteiger charge is 2.48. The molecule has 6 aromatic carbocycles. The van der Waals surface area contributed by atoms with Crippen LogP contribution in [0.2, 0.25) is 0 Å². The van der Waals surface area contributed by atoms with Crippen molar-refractivity contribution in [1.29, 1.82) is 0 Å². The van der Waals surface area contributed by atoms with Gasteiger partial charge in [0.1, 0.15) is 0 Å². The van der Waals surface area contributed by atoms with E-state index in [1.165, 1.54) is 73.2 Å². The number of hydrogen-bond donors (Lipinski definition) is 0. The van der Waals surface area contributed by atoms with E-state index in [0.29, 0.717) is 35.5 Å². The van der Waals surface area contributed by atoms with Crippen molar-refractivity contribution in [1.82, 2.24) is 0 Å². The molecule has 6 atom stereocenters. The largest absolute Gasteiger partial charge is 0.107 e. The number of allylic oxidation sites excluding steroid dienone is 4. The summed E-state index contributed by atoms with van der Waals surface area (Å²) in [5.41, 5.74) is 17.3. The molecule has 0 fully saturated rings. The predicted octanol–water partition coefficient (Wildman–Crippen LogP) is 18.1. The molecular formula is C70H68. The molecule has 5 aliphatic rings. The number of benzene rings is 6. The molecule has 5 aliphatic carbocycles. The molecule has 0 saturated carbocycles. The second-order valence-electron chi connectivity index (χ2n) is 20.3. The fourth-order valence-electron chi connectivity index (χ4n) is 12.6. The molecular weight excluding hydrogens is 841 g/mol. The number of rotatable bonds is 11. The molecule has 70 heavy (non-hydrogen) atoms. The van der Waals surface area contributed by atoms with E-state index < -0.39 is 0 Å². The van der Waals surface area contributed by atoms with Gasteiger partial charge < -0.3 is 0 Å². The first kappa shape index (κ1) is 48.0. The van der Waals surface area contributed by atoms with Gasteiger partial charge in [-0.2, -0.15) is 0 Å². The Bertz CT molecular complexity index is 3040. The van der Waals surface area contributed by atoms with E-state index in [-0.39, 0.29) is 10.8 Å². The molecule has 6 unspecified atom stereocenters. The van der Waals surface area contributed by atoms with Crippen LogP contribution >= 0.6 is 0 Å². The van der Waals surface area contributed by atoms with Crippen molar-refractivity contribution in [2.75, 3.05) is 0 Å². The van der Waals surface area contributed by atoms with Gasteiger partial charge in [0.25, 0.3) is 0 Å². The first-order valence-corrected chi connectivity index (χ1v) is 25.8. The van der Waals surface area contributed by atoms with Crippen LogP contribution in [0.25, 0.3) is 35.4 Å². The quantitative estimate of drug-likeness (QED) is 0.114. The lowest BCUT2D eigenvalue weighted by Crippen LogP contribution is -2.31. The Kier molecular flexibility index (Phi) is 14.9. The summed E-state index contributed by atoms with van der Waals surface area (Å²) in [5.74, 6) is 21.9. The summed E-state index contributed by atoms with van der Waals surface area (Å²) >= 11 is 0. The lowest BCUT2D eigenvalue weighted by atomic mass is 9.61. The van der Waals surface area contributed by atoms with Crippen LogP contribution in [0.1, 0.15) is 165 Å². The molecule has 0 amide bonds. The Labute approximate surface area is 420 Å². The fraction of sp³-hybridized carbons (Fsp3) is 0.286. The maximum Gasteiger partial charge on any atom is 0.0165 e. The lowest BCUT2D eigenvalue weighted by molar-refractivity contribution is 0.233. The molecule has 0 N–H and O–H groups in total. The summed E-state index contributed by atoms with van der Waals surface area (Å²) in [4.78, 5) is 0. The van der Waals surface area contributed by atoms with Crippen molar-refractivity contribution in [3.63, 3.8) is 0 Å². The fourth-order valence-corrected chi connectivity index (χ4v) is 12.6. The topological polar surface area (TPSA) is 0 Å². The van der Waals surface area contributed by atoms with Gasteiger partial charge in [0, 0.05) is 48.9 Å². The van der Waals surface area contributed by atoms with E-state index in [2.05, 4.69) is 250 Å². The van der Waals surface area contributed by atoms with Crippen LogP contribution in [0.15, 0.2) is 170 Å². The van der Waals surface area contributed by atoms with Gasteiger partial charge in [-0.05, 0) is 124 Å². The van der Waals surface area contributed by atoms with Gasteiger partial charge in [-0.25, -0.2) is 0 Å². The molecule has 0 heterocycles. The van der Waals surface area contributed by atoms with Crippen LogP contribution in [0.3, 0.4) is 0 Å². The molecule has 348 valence electrons. The normalized spacial score (nSPS) is 19.7. The third-order valence-electron chi connectivity index (χ3n) is 16.3. The van der Waals surface area contributed by atoms with Crippen molar-refractivity contribution in [2.45, 2.75) is 110 Å². The SMILES string of the molecule is CC#CCCC(C)(C1C=Cc2ccccc21)C1C=Cc2ccccc21.CC#CCCC(C)(C1C=Cc2ccccc21)C1c2ccccc2-c2ccccc21.CC#CCCC(C)C1C=Cc2ccccc21. The maximum absolute atomic E-state index is 3.35. The minimum atomic E-state index is 0.0513. The summed E-state index contributed by atoms with van der Waals surface area (Å²) < 4.78 is 0.